The first-order chi connectivity index (χ1) is 21.5. The topological polar surface area (TPSA) is 170 Å². The summed E-state index contributed by atoms with van der Waals surface area (Å²) in [5, 5.41) is 25.2. The van der Waals surface area contributed by atoms with E-state index in [1.807, 2.05) is 7.05 Å². The van der Waals surface area contributed by atoms with Crippen molar-refractivity contribution in [3.63, 3.8) is 0 Å². The van der Waals surface area contributed by atoms with Gasteiger partial charge in [-0.05, 0) is 81.7 Å². The van der Waals surface area contributed by atoms with Crippen molar-refractivity contribution in [3.05, 3.63) is 90.4 Å². The van der Waals surface area contributed by atoms with Crippen LogP contribution < -0.4 is 15.6 Å². The van der Waals surface area contributed by atoms with Crippen LogP contribution in [0.15, 0.2) is 46.3 Å². The number of aromatic amines is 1. The van der Waals surface area contributed by atoms with Crippen molar-refractivity contribution in [2.24, 2.45) is 4.99 Å². The highest BCUT2D eigenvalue weighted by atomic mass is 16.6. The number of carbonyl (C=O) groups excluding carboxylic acids is 2. The summed E-state index contributed by atoms with van der Waals surface area (Å²) in [5.74, 6) is -0.501. The molecule has 234 valence electrons. The molecule has 2 amide bonds. The average Bonchev–Trinajstić information content (AvgIpc) is 3.51. The van der Waals surface area contributed by atoms with E-state index in [0.717, 1.165) is 37.1 Å². The summed E-state index contributed by atoms with van der Waals surface area (Å²) in [6, 6.07) is 8.07. The number of aliphatic hydroxyl groups excluding tert-OH is 1. The van der Waals surface area contributed by atoms with Gasteiger partial charge in [-0.1, -0.05) is 6.07 Å². The first kappa shape index (κ1) is 30.2. The number of rotatable bonds is 9. The van der Waals surface area contributed by atoms with Crippen molar-refractivity contribution in [2.45, 2.75) is 45.3 Å². The molecular formula is C32H34N6O7. The van der Waals surface area contributed by atoms with E-state index >= 15 is 0 Å². The van der Waals surface area contributed by atoms with Crippen LogP contribution in [0.3, 0.4) is 0 Å². The normalized spacial score (nSPS) is 17.2. The molecule has 0 saturated carbocycles. The molecule has 13 nitrogen and oxygen atoms in total. The smallest absolute Gasteiger partial charge is 0.311 e. The lowest BCUT2D eigenvalue weighted by molar-refractivity contribution is -0.386. The molecule has 0 spiro atoms. The summed E-state index contributed by atoms with van der Waals surface area (Å²) in [6.45, 7) is 4.87. The minimum absolute atomic E-state index is 0.0144. The second-order valence-corrected chi connectivity index (χ2v) is 11.9. The monoisotopic (exact) mass is 614 g/mol. The van der Waals surface area contributed by atoms with Gasteiger partial charge in [0, 0.05) is 31.3 Å². The summed E-state index contributed by atoms with van der Waals surface area (Å²) in [5.41, 5.74) is 3.88. The Kier molecular flexibility index (Phi) is 7.97. The molecule has 0 aliphatic carbocycles. The largest absolute Gasteiger partial charge is 0.484 e. The van der Waals surface area contributed by atoms with Crippen LogP contribution in [0.25, 0.3) is 0 Å². The summed E-state index contributed by atoms with van der Waals surface area (Å²) >= 11 is 0. The molecule has 1 unspecified atom stereocenters. The number of piperidine rings is 1. The maximum Gasteiger partial charge on any atom is 0.311 e. The highest BCUT2D eigenvalue weighted by Gasteiger charge is 2.42. The number of carbonyl (C=O) groups is 2. The van der Waals surface area contributed by atoms with Crippen molar-refractivity contribution in [2.75, 3.05) is 38.6 Å². The number of nitro groups is 1. The van der Waals surface area contributed by atoms with Crippen LogP contribution in [0.1, 0.15) is 55.8 Å². The first-order valence-electron chi connectivity index (χ1n) is 14.8. The van der Waals surface area contributed by atoms with Crippen molar-refractivity contribution in [1.29, 1.82) is 0 Å². The van der Waals surface area contributed by atoms with Crippen LogP contribution in [-0.4, -0.2) is 87.8 Å². The Hall–Kier alpha value is -4.88. The van der Waals surface area contributed by atoms with Crippen LogP contribution >= 0.6 is 0 Å². The van der Waals surface area contributed by atoms with E-state index in [-0.39, 0.29) is 54.4 Å². The Balaban J connectivity index is 1.17. The Morgan fingerprint density at radius 3 is 2.56 bits per heavy atom. The maximum absolute atomic E-state index is 13.3. The molecule has 2 aromatic carbocycles. The molecule has 3 aliphatic heterocycles. The molecule has 3 aliphatic rings. The zero-order chi connectivity index (χ0) is 32.0. The number of nitrogens with zero attached hydrogens (tertiary/aromatic N) is 4. The Morgan fingerprint density at radius 2 is 1.84 bits per heavy atom. The Labute approximate surface area is 258 Å². The molecule has 3 aromatic rings. The Bertz CT molecular complexity index is 1810. The molecule has 1 atom stereocenters. The lowest BCUT2D eigenvalue weighted by Gasteiger charge is -2.33. The number of imide groups is 1. The van der Waals surface area contributed by atoms with E-state index < -0.39 is 16.6 Å². The SMILES string of the molecule is Cc1cc(C)c(OCC(O)CNc2cc[nH]c(=O)c2C2=Nc3cc4c(cc3C2)C(=O)N(C2CCN(C)CC2)C4=O)c([N+](=O)[O-])c1. The van der Waals surface area contributed by atoms with Crippen molar-refractivity contribution in [3.8, 4) is 5.75 Å². The molecule has 1 fully saturated rings. The number of pyridine rings is 1. The highest BCUT2D eigenvalue weighted by Crippen LogP contribution is 2.37. The zero-order valence-corrected chi connectivity index (χ0v) is 25.3. The first-order valence-corrected chi connectivity index (χ1v) is 14.8. The molecule has 45 heavy (non-hydrogen) atoms. The molecular weight excluding hydrogens is 580 g/mol. The predicted molar refractivity (Wildman–Crippen MR) is 167 cm³/mol. The number of nitro benzene ring substituents is 1. The number of amides is 2. The molecule has 3 N–H and O–H groups in total. The van der Waals surface area contributed by atoms with Gasteiger partial charge >= 0.3 is 5.69 Å². The Morgan fingerprint density at radius 1 is 1.13 bits per heavy atom. The third-order valence-electron chi connectivity index (χ3n) is 8.58. The predicted octanol–water partition coefficient (Wildman–Crippen LogP) is 3.12. The number of ether oxygens (including phenoxy) is 1. The van der Waals surface area contributed by atoms with Gasteiger partial charge in [-0.2, -0.15) is 0 Å². The molecule has 0 bridgehead atoms. The molecule has 6 rings (SSSR count). The van der Waals surface area contributed by atoms with E-state index in [2.05, 4.69) is 15.2 Å². The van der Waals surface area contributed by atoms with Gasteiger partial charge in [-0.15, -0.1) is 0 Å². The lowest BCUT2D eigenvalue weighted by atomic mass is 10.00. The van der Waals surface area contributed by atoms with Gasteiger partial charge < -0.3 is 25.0 Å². The number of hydrogen-bond donors (Lipinski definition) is 3. The highest BCUT2D eigenvalue weighted by molar-refractivity contribution is 6.22. The fraction of sp³-hybridized carbons (Fsp3) is 0.375. The number of nitrogens with one attached hydrogen (secondary N) is 2. The van der Waals surface area contributed by atoms with Gasteiger partial charge in [0.2, 0.25) is 0 Å². The quantitative estimate of drug-likeness (QED) is 0.186. The lowest BCUT2D eigenvalue weighted by Crippen LogP contribution is -2.46. The maximum atomic E-state index is 13.3. The zero-order valence-electron chi connectivity index (χ0n) is 25.3. The minimum atomic E-state index is -1.06. The minimum Gasteiger partial charge on any atom is -0.484 e. The second kappa shape index (κ2) is 11.9. The molecule has 4 heterocycles. The molecule has 0 radical (unpaired) electrons. The van der Waals surface area contributed by atoms with Gasteiger partial charge in [0.1, 0.15) is 12.7 Å². The van der Waals surface area contributed by atoms with Crippen LogP contribution in [-0.2, 0) is 6.42 Å². The number of aliphatic imine (C=N–C) groups is 1. The number of aliphatic hydroxyl groups is 1. The van der Waals surface area contributed by atoms with E-state index in [0.29, 0.717) is 33.8 Å². The van der Waals surface area contributed by atoms with Gasteiger partial charge in [0.25, 0.3) is 17.4 Å². The number of aromatic nitrogens is 1. The van der Waals surface area contributed by atoms with E-state index in [1.54, 1.807) is 38.1 Å². The van der Waals surface area contributed by atoms with Gasteiger partial charge in [0.05, 0.1) is 38.7 Å². The number of hydrogen-bond acceptors (Lipinski definition) is 10. The number of H-pyrrole nitrogens is 1. The number of aryl methyl sites for hydroxylation is 2. The van der Waals surface area contributed by atoms with Crippen LogP contribution in [0.2, 0.25) is 0 Å². The van der Waals surface area contributed by atoms with Crippen LogP contribution in [0.5, 0.6) is 5.75 Å². The summed E-state index contributed by atoms with van der Waals surface area (Å²) in [4.78, 5) is 61.6. The van der Waals surface area contributed by atoms with E-state index in [1.165, 1.54) is 17.2 Å². The van der Waals surface area contributed by atoms with Crippen LogP contribution in [0, 0.1) is 24.0 Å². The average molecular weight is 615 g/mol. The third kappa shape index (κ3) is 5.71. The summed E-state index contributed by atoms with van der Waals surface area (Å²) < 4.78 is 5.65. The van der Waals surface area contributed by atoms with Crippen molar-refractivity contribution < 1.29 is 24.4 Å². The number of benzene rings is 2. The van der Waals surface area contributed by atoms with Gasteiger partial charge in [-0.3, -0.25) is 34.4 Å². The third-order valence-corrected chi connectivity index (χ3v) is 8.58. The number of anilines is 1. The van der Waals surface area contributed by atoms with Crippen LogP contribution in [0.4, 0.5) is 17.1 Å². The standard InChI is InChI=1S/C32H34N6O7/c1-17-10-18(2)29(27(11-17)38(43)44)45-16-21(39)15-34-24-4-7-33-30(40)28(24)26-13-19-12-22-23(14-25(19)35-26)32(42)37(31(22)41)20-5-8-36(3)9-6-20/h4,7,10-12,14,20-21,39H,5-6,8-9,13,15-16H2,1-3H3,(H2,33,34,40). The molecule has 13 heteroatoms. The summed E-state index contributed by atoms with van der Waals surface area (Å²) in [6.07, 6.45) is 2.17. The summed E-state index contributed by atoms with van der Waals surface area (Å²) in [7, 11) is 2.02. The van der Waals surface area contributed by atoms with E-state index in [4.69, 9.17) is 9.73 Å². The van der Waals surface area contributed by atoms with Crippen molar-refractivity contribution in [1.82, 2.24) is 14.8 Å². The fourth-order valence-electron chi connectivity index (χ4n) is 6.31. The molecule has 1 aromatic heterocycles. The van der Waals surface area contributed by atoms with E-state index in [9.17, 15) is 29.6 Å². The fourth-order valence-corrected chi connectivity index (χ4v) is 6.31. The van der Waals surface area contributed by atoms with Gasteiger partial charge in [-0.25, -0.2) is 0 Å². The number of likely N-dealkylation sites (tertiary alicyclic amines) is 1. The van der Waals surface area contributed by atoms with Crippen molar-refractivity contribution >= 4 is 34.6 Å². The van der Waals surface area contributed by atoms with Gasteiger partial charge in [0.15, 0.2) is 5.75 Å². The molecule has 1 saturated heterocycles. The second-order valence-electron chi connectivity index (χ2n) is 11.9. The number of fused-ring (bicyclic) bond motifs is 2.